The Morgan fingerprint density at radius 3 is 2.24 bits per heavy atom. The standard InChI is InChI=1S/C51H63N3O14/c1-23-13-12-14-24(2)50(62)53-41-45(60)37-36(40-48(41)67-35-22-31(21-34(64-11)39(35)52-40)54-18-15-32(56)16-19-54)38-47(29(7)44(37)59)68-51(9,49(38)61)65-20-17-33(63-10)26(4)46(66-30(8)55)28(6)43(58)27(5)42(57)25(23)3/h12-14,17,20-23,25-28,32-33,42-43,46,56-58,60H,15-16,18-19H2,1-11H3,(H,53,62)/b13-12+,20-17+,24-14-/t23-,25+,26-,27-,28-,33+,42+,43-,46-,51+/m1/s1. The van der Waals surface area contributed by atoms with E-state index in [2.05, 4.69) is 10.2 Å². The number of aliphatic hydroxyl groups excluding tert-OH is 3. The molecule has 366 valence electrons. The van der Waals surface area contributed by atoms with Crippen LogP contribution in [0.5, 0.6) is 17.2 Å². The number of phenolic OH excluding ortho intramolecular Hbond substituents is 1. The number of nitrogens with zero attached hydrogens (tertiary/aromatic N) is 2. The number of hydrogen-bond acceptors (Lipinski definition) is 16. The smallest absolute Gasteiger partial charge is 0.312 e. The number of phenols is 1. The zero-order valence-electron chi connectivity index (χ0n) is 40.4. The van der Waals surface area contributed by atoms with Gasteiger partial charge in [0.1, 0.15) is 34.3 Å². The van der Waals surface area contributed by atoms with Crippen LogP contribution in [0.2, 0.25) is 0 Å². The van der Waals surface area contributed by atoms with Crippen molar-refractivity contribution in [2.24, 2.45) is 29.6 Å². The largest absolute Gasteiger partial charge is 0.505 e. The molecule has 4 heterocycles. The van der Waals surface area contributed by atoms with Crippen LogP contribution in [0.4, 0.5) is 11.4 Å². The van der Waals surface area contributed by atoms with Crippen LogP contribution in [0.3, 0.4) is 0 Å². The number of allylic oxidation sites excluding steroid dienone is 3. The highest BCUT2D eigenvalue weighted by Gasteiger charge is 2.50. The molecule has 17 nitrogen and oxygen atoms in total. The van der Waals surface area contributed by atoms with Crippen LogP contribution in [0, 0.1) is 36.5 Å². The number of benzene rings is 3. The van der Waals surface area contributed by atoms with E-state index in [0.717, 1.165) is 0 Å². The summed E-state index contributed by atoms with van der Waals surface area (Å²) in [5.41, 5.74) is -0.0664. The zero-order valence-corrected chi connectivity index (χ0v) is 40.4. The van der Waals surface area contributed by atoms with Crippen molar-refractivity contribution in [1.29, 1.82) is 0 Å². The minimum atomic E-state index is -2.08. The molecule has 4 bridgehead atoms. The van der Waals surface area contributed by atoms with Gasteiger partial charge >= 0.3 is 11.8 Å². The van der Waals surface area contributed by atoms with E-state index in [9.17, 15) is 39.6 Å². The number of rotatable bonds is 4. The van der Waals surface area contributed by atoms with E-state index in [1.54, 1.807) is 52.0 Å². The number of anilines is 2. The summed E-state index contributed by atoms with van der Waals surface area (Å²) < 4.78 is 36.5. The number of aliphatic hydroxyl groups is 3. The molecule has 68 heavy (non-hydrogen) atoms. The molecule has 1 saturated heterocycles. The first-order valence-electron chi connectivity index (χ1n) is 23.1. The molecule has 4 aromatic rings. The highest BCUT2D eigenvalue weighted by atomic mass is 16.7. The fourth-order valence-corrected chi connectivity index (χ4v) is 9.70. The molecule has 1 fully saturated rings. The van der Waals surface area contributed by atoms with Crippen LogP contribution in [0.15, 0.2) is 57.5 Å². The Bertz CT molecular complexity index is 2790. The Hall–Kier alpha value is -6.01. The first kappa shape index (κ1) is 49.9. The van der Waals surface area contributed by atoms with Crippen LogP contribution < -0.4 is 25.1 Å². The second-order valence-corrected chi connectivity index (χ2v) is 18.8. The molecular weight excluding hydrogens is 879 g/mol. The van der Waals surface area contributed by atoms with Gasteiger partial charge in [-0.25, -0.2) is 4.98 Å². The maximum Gasteiger partial charge on any atom is 0.312 e. The van der Waals surface area contributed by atoms with Gasteiger partial charge in [0, 0.05) is 86.1 Å². The summed E-state index contributed by atoms with van der Waals surface area (Å²) in [5, 5.41) is 48.1. The fourth-order valence-electron chi connectivity index (χ4n) is 9.70. The number of hydrogen-bond donors (Lipinski definition) is 5. The highest BCUT2D eigenvalue weighted by molar-refractivity contribution is 6.26. The van der Waals surface area contributed by atoms with Gasteiger partial charge < -0.3 is 58.7 Å². The van der Waals surface area contributed by atoms with Crippen molar-refractivity contribution in [3.8, 4) is 17.2 Å². The van der Waals surface area contributed by atoms with Crippen LogP contribution in [-0.4, -0.2) is 107 Å². The van der Waals surface area contributed by atoms with E-state index in [0.29, 0.717) is 37.4 Å². The summed E-state index contributed by atoms with van der Waals surface area (Å²) in [6.07, 6.45) is 4.58. The van der Waals surface area contributed by atoms with Gasteiger partial charge in [-0.1, -0.05) is 52.8 Å². The molecule has 0 aliphatic carbocycles. The number of aromatic nitrogens is 1. The van der Waals surface area contributed by atoms with Gasteiger partial charge in [0.2, 0.25) is 0 Å². The van der Waals surface area contributed by atoms with Crippen LogP contribution >= 0.6 is 0 Å². The molecule has 3 aliphatic rings. The highest BCUT2D eigenvalue weighted by Crippen LogP contribution is 2.49. The lowest BCUT2D eigenvalue weighted by atomic mass is 9.76. The van der Waals surface area contributed by atoms with Crippen molar-refractivity contribution < 1.29 is 62.9 Å². The fraction of sp³-hybridized carbons (Fsp3) is 0.510. The predicted molar refractivity (Wildman–Crippen MR) is 255 cm³/mol. The normalized spacial score (nSPS) is 30.6. The topological polar surface area (TPSA) is 237 Å². The lowest BCUT2D eigenvalue weighted by molar-refractivity contribution is -0.161. The van der Waals surface area contributed by atoms with Crippen molar-refractivity contribution in [2.75, 3.05) is 37.5 Å². The number of ether oxygens (including phenoxy) is 5. The van der Waals surface area contributed by atoms with Gasteiger partial charge in [0.05, 0.1) is 48.7 Å². The molecule has 0 unspecified atom stereocenters. The second kappa shape index (κ2) is 19.5. The first-order chi connectivity index (χ1) is 32.1. The number of esters is 1. The van der Waals surface area contributed by atoms with E-state index in [1.165, 1.54) is 47.3 Å². The molecule has 1 amide bonds. The average Bonchev–Trinajstić information content (AvgIpc) is 3.58. The van der Waals surface area contributed by atoms with Crippen molar-refractivity contribution in [3.05, 3.63) is 69.6 Å². The van der Waals surface area contributed by atoms with Crippen LogP contribution in [0.25, 0.3) is 33.0 Å². The quantitative estimate of drug-likeness (QED) is 0.0627. The SMILES string of the molecule is COc1cc(N2CCC(O)CC2)cc2oc3c4c(O)c5c(=O)c(C)c6c(c5c3nc12)C(=O)[C@@](C)(O/C=C/[C@H](OC)[C@@H](C)[C@@H](OC(C)=O)[C@H](C)[C@H](O)[C@H](C)[C@@H](O)[C@@H](C)[C@H](C)/C=C/C=C(/C)C(=O)N4)O6. The van der Waals surface area contributed by atoms with Crippen molar-refractivity contribution in [1.82, 2.24) is 4.98 Å². The van der Waals surface area contributed by atoms with Gasteiger partial charge in [0.25, 0.3) is 11.7 Å². The molecule has 3 aliphatic heterocycles. The summed E-state index contributed by atoms with van der Waals surface area (Å²) in [6.45, 7) is 15.7. The molecule has 7 rings (SSSR count). The maximum absolute atomic E-state index is 14.9. The van der Waals surface area contributed by atoms with Crippen LogP contribution in [0.1, 0.15) is 84.2 Å². The summed E-state index contributed by atoms with van der Waals surface area (Å²) in [6, 6.07) is 3.51. The lowest BCUT2D eigenvalue weighted by Gasteiger charge is -2.38. The Labute approximate surface area is 394 Å². The molecule has 0 spiro atoms. The number of fused-ring (bicyclic) bond motifs is 2. The number of ketones is 1. The van der Waals surface area contributed by atoms with E-state index in [1.807, 2.05) is 19.9 Å². The first-order valence-corrected chi connectivity index (χ1v) is 23.1. The zero-order chi connectivity index (χ0) is 49.7. The van der Waals surface area contributed by atoms with Gasteiger partial charge in [-0.3, -0.25) is 19.2 Å². The molecule has 10 atom stereocenters. The third-order valence-electron chi connectivity index (χ3n) is 14.3. The van der Waals surface area contributed by atoms with Gasteiger partial charge in [0.15, 0.2) is 22.3 Å². The number of aromatic hydroxyl groups is 1. The Balaban J connectivity index is 1.46. The molecule has 1 aromatic heterocycles. The average molecular weight is 942 g/mol. The second-order valence-electron chi connectivity index (χ2n) is 18.8. The summed E-state index contributed by atoms with van der Waals surface area (Å²) in [5.74, 6) is -7.16. The Kier molecular flexibility index (Phi) is 14.3. The van der Waals surface area contributed by atoms with Crippen molar-refractivity contribution >= 4 is 62.0 Å². The van der Waals surface area contributed by atoms with E-state index < -0.39 is 82.9 Å². The molecule has 0 saturated carbocycles. The molecule has 5 N–H and O–H groups in total. The molecule has 0 radical (unpaired) electrons. The monoisotopic (exact) mass is 941 g/mol. The number of Topliss-reactive ketones (excluding diaryl/α,β-unsaturated/α-hetero) is 1. The summed E-state index contributed by atoms with van der Waals surface area (Å²) in [4.78, 5) is 63.0. The van der Waals surface area contributed by atoms with Gasteiger partial charge in [-0.2, -0.15) is 0 Å². The van der Waals surface area contributed by atoms with E-state index in [4.69, 9.17) is 33.1 Å². The number of amides is 1. The van der Waals surface area contributed by atoms with E-state index in [-0.39, 0.29) is 72.9 Å². The summed E-state index contributed by atoms with van der Waals surface area (Å²) >= 11 is 0. The Morgan fingerprint density at radius 1 is 0.912 bits per heavy atom. The lowest BCUT2D eigenvalue weighted by Crippen LogP contribution is -2.47. The van der Waals surface area contributed by atoms with E-state index >= 15 is 0 Å². The molecule has 3 aromatic carbocycles. The minimum absolute atomic E-state index is 0.0267. The van der Waals surface area contributed by atoms with Crippen molar-refractivity contribution in [2.45, 2.75) is 111 Å². The van der Waals surface area contributed by atoms with Gasteiger partial charge in [-0.05, 0) is 44.6 Å². The van der Waals surface area contributed by atoms with Crippen molar-refractivity contribution in [3.63, 3.8) is 0 Å². The van der Waals surface area contributed by atoms with Gasteiger partial charge in [-0.15, -0.1) is 0 Å². The number of piperidine rings is 1. The number of carbonyl (C=O) groups is 3. The van der Waals surface area contributed by atoms with Crippen LogP contribution in [-0.2, 0) is 23.8 Å². The summed E-state index contributed by atoms with van der Waals surface area (Å²) in [7, 11) is 2.91. The minimum Gasteiger partial charge on any atom is -0.505 e. The third-order valence-corrected chi connectivity index (χ3v) is 14.3. The maximum atomic E-state index is 14.9. The Morgan fingerprint density at radius 2 is 1.59 bits per heavy atom. The molecular formula is C51H63N3O14. The number of methoxy groups -OCH3 is 2. The number of nitrogens with one attached hydrogen (secondary N) is 1. The third kappa shape index (κ3) is 9.04. The predicted octanol–water partition coefficient (Wildman–Crippen LogP) is 6.60. The number of carbonyl (C=O) groups excluding carboxylic acids is 3. The molecule has 17 heteroatoms.